The minimum atomic E-state index is -0.328. The van der Waals surface area contributed by atoms with Crippen LogP contribution in [0.15, 0.2) is 42.6 Å². The maximum Gasteiger partial charge on any atom is 0.320 e. The number of carbonyl (C=O) groups excluding carboxylic acids is 1. The fourth-order valence-corrected chi connectivity index (χ4v) is 1.70. The van der Waals surface area contributed by atoms with E-state index in [0.717, 1.165) is 11.1 Å². The number of anilines is 1. The van der Waals surface area contributed by atoms with E-state index in [4.69, 9.17) is 5.26 Å². The third-order valence-electron chi connectivity index (χ3n) is 2.67. The van der Waals surface area contributed by atoms with Crippen molar-refractivity contribution in [1.82, 2.24) is 10.3 Å². The summed E-state index contributed by atoms with van der Waals surface area (Å²) in [4.78, 5) is 15.8. The molecule has 0 atom stereocenters. The van der Waals surface area contributed by atoms with Crippen LogP contribution in [0.3, 0.4) is 0 Å². The van der Waals surface area contributed by atoms with E-state index < -0.39 is 0 Å². The Kier molecular flexibility index (Phi) is 4.30. The largest absolute Gasteiger partial charge is 0.334 e. The monoisotopic (exact) mass is 266 g/mol. The topological polar surface area (TPSA) is 77.8 Å². The normalized spacial score (nSPS) is 9.60. The van der Waals surface area contributed by atoms with Crippen LogP contribution < -0.4 is 10.6 Å². The number of nitriles is 1. The quantitative estimate of drug-likeness (QED) is 0.896. The van der Waals surface area contributed by atoms with E-state index in [-0.39, 0.29) is 6.03 Å². The number of hydrogen-bond donors (Lipinski definition) is 2. The van der Waals surface area contributed by atoms with Crippen molar-refractivity contribution in [3.63, 3.8) is 0 Å². The lowest BCUT2D eigenvalue weighted by molar-refractivity contribution is 0.251. The Morgan fingerprint density at radius 2 is 2.20 bits per heavy atom. The molecular weight excluding hydrogens is 252 g/mol. The molecule has 2 N–H and O–H groups in total. The average molecular weight is 266 g/mol. The molecule has 2 aromatic rings. The molecule has 1 aromatic heterocycles. The lowest BCUT2D eigenvalue weighted by Gasteiger charge is -2.07. The zero-order valence-corrected chi connectivity index (χ0v) is 11.1. The summed E-state index contributed by atoms with van der Waals surface area (Å²) in [6, 6.07) is 12.5. The van der Waals surface area contributed by atoms with Gasteiger partial charge < -0.3 is 5.32 Å². The van der Waals surface area contributed by atoms with Gasteiger partial charge in [0.2, 0.25) is 0 Å². The van der Waals surface area contributed by atoms with Crippen molar-refractivity contribution in [2.24, 2.45) is 0 Å². The van der Waals surface area contributed by atoms with E-state index in [1.165, 1.54) is 0 Å². The number of hydrogen-bond acceptors (Lipinski definition) is 3. The average Bonchev–Trinajstić information content (AvgIpc) is 2.45. The molecule has 0 saturated carbocycles. The number of aromatic nitrogens is 1. The van der Waals surface area contributed by atoms with E-state index >= 15 is 0 Å². The van der Waals surface area contributed by atoms with Crippen molar-refractivity contribution in [1.29, 1.82) is 5.26 Å². The molecule has 100 valence electrons. The third kappa shape index (κ3) is 3.82. The van der Waals surface area contributed by atoms with Gasteiger partial charge in [-0.05, 0) is 42.3 Å². The van der Waals surface area contributed by atoms with Crippen molar-refractivity contribution < 1.29 is 4.79 Å². The highest BCUT2D eigenvalue weighted by Crippen LogP contribution is 2.06. The Balaban J connectivity index is 1.90. The first-order valence-corrected chi connectivity index (χ1v) is 6.14. The van der Waals surface area contributed by atoms with Gasteiger partial charge in [-0.1, -0.05) is 12.1 Å². The van der Waals surface area contributed by atoms with Crippen LogP contribution >= 0.6 is 0 Å². The number of benzene rings is 1. The molecule has 0 fully saturated rings. The molecule has 0 radical (unpaired) electrons. The minimum absolute atomic E-state index is 0.328. The lowest BCUT2D eigenvalue weighted by atomic mass is 10.1. The second kappa shape index (κ2) is 6.34. The molecule has 1 heterocycles. The third-order valence-corrected chi connectivity index (χ3v) is 2.67. The summed E-state index contributed by atoms with van der Waals surface area (Å²) >= 11 is 0. The maximum absolute atomic E-state index is 11.7. The van der Waals surface area contributed by atoms with Gasteiger partial charge in [-0.15, -0.1) is 0 Å². The molecule has 5 heteroatoms. The zero-order chi connectivity index (χ0) is 14.4. The van der Waals surface area contributed by atoms with E-state index in [1.807, 2.05) is 19.1 Å². The molecule has 1 aromatic carbocycles. The zero-order valence-electron chi connectivity index (χ0n) is 11.1. The smallest absolute Gasteiger partial charge is 0.320 e. The number of rotatable bonds is 3. The fraction of sp³-hybridized carbons (Fsp3) is 0.133. The highest BCUT2D eigenvalue weighted by atomic mass is 16.2. The van der Waals surface area contributed by atoms with Crippen LogP contribution in [0.4, 0.5) is 10.6 Å². The van der Waals surface area contributed by atoms with Crippen LogP contribution in [0.1, 0.15) is 16.7 Å². The van der Waals surface area contributed by atoms with E-state index in [1.54, 1.807) is 30.5 Å². The van der Waals surface area contributed by atoms with Crippen molar-refractivity contribution in [3.8, 4) is 6.07 Å². The number of carbonyl (C=O) groups is 1. The SMILES string of the molecule is Cc1ccnc(NC(=O)NCc2cccc(C#N)c2)c1. The van der Waals surface area contributed by atoms with Gasteiger partial charge in [0.05, 0.1) is 11.6 Å². The van der Waals surface area contributed by atoms with Crippen LogP contribution in [-0.2, 0) is 6.54 Å². The van der Waals surface area contributed by atoms with E-state index in [2.05, 4.69) is 21.7 Å². The Morgan fingerprint density at radius 1 is 1.35 bits per heavy atom. The summed E-state index contributed by atoms with van der Waals surface area (Å²) < 4.78 is 0. The number of urea groups is 1. The lowest BCUT2D eigenvalue weighted by Crippen LogP contribution is -2.28. The molecule has 0 saturated heterocycles. The first kappa shape index (κ1) is 13.6. The second-order valence-corrected chi connectivity index (χ2v) is 4.34. The van der Waals surface area contributed by atoms with E-state index in [0.29, 0.717) is 17.9 Å². The molecule has 0 aliphatic heterocycles. The Bertz CT molecular complexity index is 661. The summed E-state index contributed by atoms with van der Waals surface area (Å²) in [6.07, 6.45) is 1.64. The first-order chi connectivity index (χ1) is 9.67. The van der Waals surface area contributed by atoms with Crippen molar-refractivity contribution in [2.75, 3.05) is 5.32 Å². The van der Waals surface area contributed by atoms with Crippen LogP contribution in [-0.4, -0.2) is 11.0 Å². The highest BCUT2D eigenvalue weighted by Gasteiger charge is 2.03. The standard InChI is InChI=1S/C15H14N4O/c1-11-5-6-17-14(7-11)19-15(20)18-10-13-4-2-3-12(8-13)9-16/h2-8H,10H2,1H3,(H2,17,18,19,20). The van der Waals surface area contributed by atoms with Gasteiger partial charge in [0.15, 0.2) is 0 Å². The van der Waals surface area contributed by atoms with Gasteiger partial charge >= 0.3 is 6.03 Å². The molecule has 0 aliphatic rings. The number of nitrogens with zero attached hydrogens (tertiary/aromatic N) is 2. The van der Waals surface area contributed by atoms with Crippen molar-refractivity contribution in [3.05, 3.63) is 59.3 Å². The predicted molar refractivity (Wildman–Crippen MR) is 76.0 cm³/mol. The van der Waals surface area contributed by atoms with Crippen molar-refractivity contribution in [2.45, 2.75) is 13.5 Å². The summed E-state index contributed by atoms with van der Waals surface area (Å²) in [5.74, 6) is 0.508. The molecule has 0 aliphatic carbocycles. The van der Waals surface area contributed by atoms with Gasteiger partial charge in [-0.2, -0.15) is 5.26 Å². The summed E-state index contributed by atoms with van der Waals surface area (Å²) in [7, 11) is 0. The van der Waals surface area contributed by atoms with Gasteiger partial charge in [0.1, 0.15) is 5.82 Å². The van der Waals surface area contributed by atoms with Gasteiger partial charge in [0, 0.05) is 12.7 Å². The van der Waals surface area contributed by atoms with Crippen LogP contribution in [0, 0.1) is 18.3 Å². The van der Waals surface area contributed by atoms with Gasteiger partial charge in [-0.3, -0.25) is 5.32 Å². The van der Waals surface area contributed by atoms with Crippen LogP contribution in [0.25, 0.3) is 0 Å². The van der Waals surface area contributed by atoms with Crippen molar-refractivity contribution >= 4 is 11.8 Å². The number of nitrogens with one attached hydrogen (secondary N) is 2. The molecule has 0 unspecified atom stereocenters. The Morgan fingerprint density at radius 3 is 2.95 bits per heavy atom. The van der Waals surface area contributed by atoms with E-state index in [9.17, 15) is 4.79 Å². The van der Waals surface area contributed by atoms with Gasteiger partial charge in [-0.25, -0.2) is 9.78 Å². The molecular formula is C15H14N4O. The summed E-state index contributed by atoms with van der Waals surface area (Å²) in [5.41, 5.74) is 2.47. The maximum atomic E-state index is 11.7. The van der Waals surface area contributed by atoms with Gasteiger partial charge in [0.25, 0.3) is 0 Å². The highest BCUT2D eigenvalue weighted by molar-refractivity contribution is 5.88. The number of pyridine rings is 1. The fourth-order valence-electron chi connectivity index (χ4n) is 1.70. The Hall–Kier alpha value is -2.87. The molecule has 2 amide bonds. The van der Waals surface area contributed by atoms with Crippen LogP contribution in [0.5, 0.6) is 0 Å². The number of amides is 2. The van der Waals surface area contributed by atoms with Crippen LogP contribution in [0.2, 0.25) is 0 Å². The molecule has 20 heavy (non-hydrogen) atoms. The Labute approximate surface area is 117 Å². The predicted octanol–water partition coefficient (Wildman–Crippen LogP) is 2.58. The first-order valence-electron chi connectivity index (χ1n) is 6.14. The molecule has 5 nitrogen and oxygen atoms in total. The number of aryl methyl sites for hydroxylation is 1. The summed E-state index contributed by atoms with van der Waals surface area (Å²) in [5, 5.41) is 14.2. The second-order valence-electron chi connectivity index (χ2n) is 4.34. The molecule has 0 bridgehead atoms. The molecule has 0 spiro atoms. The minimum Gasteiger partial charge on any atom is -0.334 e. The summed E-state index contributed by atoms with van der Waals surface area (Å²) in [6.45, 7) is 2.28. The molecule has 2 rings (SSSR count).